The fourth-order valence-corrected chi connectivity index (χ4v) is 1.78. The summed E-state index contributed by atoms with van der Waals surface area (Å²) in [4.78, 5) is 0. The molecule has 0 saturated heterocycles. The molecule has 3 nitrogen and oxygen atoms in total. The van der Waals surface area contributed by atoms with E-state index >= 15 is 0 Å². The molecule has 0 aromatic rings. The first-order valence-electron chi connectivity index (χ1n) is 3.41. The summed E-state index contributed by atoms with van der Waals surface area (Å²) in [7, 11) is -2.68. The lowest BCUT2D eigenvalue weighted by molar-refractivity contribution is 0.223. The third-order valence-electron chi connectivity index (χ3n) is 1.10. The van der Waals surface area contributed by atoms with Crippen molar-refractivity contribution in [1.29, 1.82) is 0 Å². The molecule has 0 bridgehead atoms. The molecule has 0 heterocycles. The molecule has 0 aromatic carbocycles. The predicted octanol–water partition coefficient (Wildman–Crippen LogP) is 1.66. The number of aliphatic hydroxyl groups excluding tert-OH is 1. The highest BCUT2D eigenvalue weighted by Gasteiger charge is 2.20. The first kappa shape index (κ1) is 10.2. The second-order valence-electron chi connectivity index (χ2n) is 2.43. The van der Waals surface area contributed by atoms with Crippen LogP contribution in [0.25, 0.3) is 0 Å². The minimum Gasteiger partial charge on any atom is -0.386 e. The van der Waals surface area contributed by atoms with Gasteiger partial charge in [0.1, 0.15) is 6.35 Å². The van der Waals surface area contributed by atoms with Crippen molar-refractivity contribution in [2.45, 2.75) is 26.9 Å². The van der Waals surface area contributed by atoms with E-state index in [4.69, 9.17) is 9.63 Å². The third-order valence-corrected chi connectivity index (χ3v) is 3.30. The van der Waals surface area contributed by atoms with Crippen LogP contribution in [0.3, 0.4) is 0 Å². The smallest absolute Gasteiger partial charge is 0.227 e. The molecule has 0 amide bonds. The van der Waals surface area contributed by atoms with Crippen molar-refractivity contribution in [2.24, 2.45) is 0 Å². The molecule has 0 spiro atoms. The van der Waals surface area contributed by atoms with Crippen LogP contribution in [0.15, 0.2) is 0 Å². The minimum absolute atomic E-state index is 0.0714. The van der Waals surface area contributed by atoms with E-state index in [2.05, 4.69) is 0 Å². The van der Waals surface area contributed by atoms with Gasteiger partial charge < -0.3 is 9.63 Å². The highest BCUT2D eigenvalue weighted by Crippen LogP contribution is 2.46. The Morgan fingerprint density at radius 2 is 2.10 bits per heavy atom. The lowest BCUT2D eigenvalue weighted by Crippen LogP contribution is -2.04. The Bertz CT molecular complexity index is 125. The maximum atomic E-state index is 11.3. The summed E-state index contributed by atoms with van der Waals surface area (Å²) in [5, 5.41) is 8.65. The minimum atomic E-state index is -2.68. The van der Waals surface area contributed by atoms with Gasteiger partial charge in [-0.2, -0.15) is 0 Å². The fourth-order valence-electron chi connectivity index (χ4n) is 0.592. The topological polar surface area (TPSA) is 46.5 Å². The molecular formula is C6H15O3P. The zero-order chi connectivity index (χ0) is 8.20. The maximum Gasteiger partial charge on any atom is 0.227 e. The van der Waals surface area contributed by atoms with E-state index in [1.165, 1.54) is 0 Å². The average Bonchev–Trinajstić information content (AvgIpc) is 1.87. The summed E-state index contributed by atoms with van der Waals surface area (Å²) in [5.74, 6) is 0. The van der Waals surface area contributed by atoms with Crippen LogP contribution in [0.2, 0.25) is 0 Å². The molecule has 0 aliphatic rings. The summed E-state index contributed by atoms with van der Waals surface area (Å²) in [6.07, 6.45) is -0.0125. The van der Waals surface area contributed by atoms with Crippen molar-refractivity contribution >= 4 is 7.37 Å². The molecule has 10 heavy (non-hydrogen) atoms. The van der Waals surface area contributed by atoms with Crippen molar-refractivity contribution in [3.8, 4) is 0 Å². The molecule has 0 rings (SSSR count). The van der Waals surface area contributed by atoms with Crippen molar-refractivity contribution in [1.82, 2.24) is 0 Å². The molecule has 0 radical (unpaired) electrons. The zero-order valence-electron chi connectivity index (χ0n) is 6.70. The van der Waals surface area contributed by atoms with Gasteiger partial charge in [-0.1, -0.05) is 6.92 Å². The lowest BCUT2D eigenvalue weighted by Gasteiger charge is -2.16. The Hall–Kier alpha value is 0.150. The van der Waals surface area contributed by atoms with E-state index in [1.54, 1.807) is 20.8 Å². The van der Waals surface area contributed by atoms with Crippen molar-refractivity contribution in [3.63, 3.8) is 0 Å². The summed E-state index contributed by atoms with van der Waals surface area (Å²) in [6, 6.07) is 0. The monoisotopic (exact) mass is 166 g/mol. The number of hydrogen-bond donors (Lipinski definition) is 1. The highest BCUT2D eigenvalue weighted by molar-refractivity contribution is 7.58. The van der Waals surface area contributed by atoms with Crippen LogP contribution < -0.4 is 0 Å². The first-order valence-corrected chi connectivity index (χ1v) is 5.41. The quantitative estimate of drug-likeness (QED) is 0.646. The van der Waals surface area contributed by atoms with E-state index in [-0.39, 0.29) is 12.5 Å². The molecule has 1 unspecified atom stereocenters. The van der Waals surface area contributed by atoms with Gasteiger partial charge in [-0.05, 0) is 13.8 Å². The Balaban J connectivity index is 3.94. The van der Waals surface area contributed by atoms with Gasteiger partial charge in [0.15, 0.2) is 0 Å². The normalized spacial score (nSPS) is 17.3. The zero-order valence-corrected chi connectivity index (χ0v) is 7.60. The largest absolute Gasteiger partial charge is 0.386 e. The standard InChI is InChI=1S/C6H15O3P/c1-4-10(8,5-7)9-6(2)3/h6-7H,4-5H2,1-3H3. The van der Waals surface area contributed by atoms with Crippen LogP contribution in [0, 0.1) is 0 Å². The summed E-state index contributed by atoms with van der Waals surface area (Å²) in [5.41, 5.74) is 0. The van der Waals surface area contributed by atoms with Gasteiger partial charge in [-0.25, -0.2) is 0 Å². The molecule has 62 valence electrons. The number of rotatable bonds is 4. The van der Waals surface area contributed by atoms with Gasteiger partial charge in [0.05, 0.1) is 6.10 Å². The molecule has 0 aromatic heterocycles. The van der Waals surface area contributed by atoms with Crippen LogP contribution in [-0.4, -0.2) is 23.7 Å². The molecule has 0 aliphatic carbocycles. The molecular weight excluding hydrogens is 151 g/mol. The molecule has 0 saturated carbocycles. The van der Waals surface area contributed by atoms with Crippen LogP contribution in [0.1, 0.15) is 20.8 Å². The fraction of sp³-hybridized carbons (Fsp3) is 1.00. The van der Waals surface area contributed by atoms with E-state index in [0.29, 0.717) is 6.16 Å². The maximum absolute atomic E-state index is 11.3. The molecule has 4 heteroatoms. The van der Waals surface area contributed by atoms with Crippen LogP contribution in [-0.2, 0) is 9.09 Å². The summed E-state index contributed by atoms with van der Waals surface area (Å²) >= 11 is 0. The Kier molecular flexibility index (Phi) is 4.18. The SMILES string of the molecule is CCP(=O)(CO)OC(C)C. The second kappa shape index (κ2) is 4.12. The van der Waals surface area contributed by atoms with Gasteiger partial charge in [-0.3, -0.25) is 4.57 Å². The molecule has 0 fully saturated rings. The highest BCUT2D eigenvalue weighted by atomic mass is 31.2. The second-order valence-corrected chi connectivity index (χ2v) is 5.18. The van der Waals surface area contributed by atoms with Gasteiger partial charge >= 0.3 is 0 Å². The van der Waals surface area contributed by atoms with Crippen molar-refractivity contribution in [3.05, 3.63) is 0 Å². The van der Waals surface area contributed by atoms with Gasteiger partial charge in [0, 0.05) is 6.16 Å². The molecule has 0 aliphatic heterocycles. The third kappa shape index (κ3) is 3.35. The van der Waals surface area contributed by atoms with Crippen LogP contribution >= 0.6 is 7.37 Å². The van der Waals surface area contributed by atoms with Crippen molar-refractivity contribution < 1.29 is 14.2 Å². The Labute approximate surface area is 61.8 Å². The average molecular weight is 166 g/mol. The van der Waals surface area contributed by atoms with E-state index < -0.39 is 7.37 Å². The van der Waals surface area contributed by atoms with Crippen LogP contribution in [0.5, 0.6) is 0 Å². The van der Waals surface area contributed by atoms with Crippen molar-refractivity contribution in [2.75, 3.05) is 12.5 Å². The lowest BCUT2D eigenvalue weighted by atomic mass is 10.5. The summed E-state index contributed by atoms with van der Waals surface area (Å²) < 4.78 is 16.3. The van der Waals surface area contributed by atoms with Gasteiger partial charge in [-0.15, -0.1) is 0 Å². The van der Waals surface area contributed by atoms with Gasteiger partial charge in [0.2, 0.25) is 7.37 Å². The Morgan fingerprint density at radius 3 is 2.20 bits per heavy atom. The van der Waals surface area contributed by atoms with E-state index in [0.717, 1.165) is 0 Å². The first-order chi connectivity index (χ1) is 4.54. The van der Waals surface area contributed by atoms with E-state index in [9.17, 15) is 4.57 Å². The summed E-state index contributed by atoms with van der Waals surface area (Å²) in [6.45, 7) is 5.36. The van der Waals surface area contributed by atoms with E-state index in [1.807, 2.05) is 0 Å². The molecule has 1 N–H and O–H groups in total. The Morgan fingerprint density at radius 1 is 1.60 bits per heavy atom. The molecule has 1 atom stereocenters. The van der Waals surface area contributed by atoms with Gasteiger partial charge in [0.25, 0.3) is 0 Å². The number of hydrogen-bond acceptors (Lipinski definition) is 3. The van der Waals surface area contributed by atoms with Crippen LogP contribution in [0.4, 0.5) is 0 Å². The predicted molar refractivity (Wildman–Crippen MR) is 41.5 cm³/mol. The number of aliphatic hydroxyl groups is 1.